The second-order valence-corrected chi connectivity index (χ2v) is 9.33. The lowest BCUT2D eigenvalue weighted by Gasteiger charge is -2.31. The van der Waals surface area contributed by atoms with E-state index in [1.807, 2.05) is 71.6 Å². The lowest BCUT2D eigenvalue weighted by molar-refractivity contribution is -0.121. The van der Waals surface area contributed by atoms with Crippen molar-refractivity contribution in [1.29, 1.82) is 0 Å². The van der Waals surface area contributed by atoms with Crippen molar-refractivity contribution in [2.24, 2.45) is 5.92 Å². The molecule has 33 heavy (non-hydrogen) atoms. The molecule has 0 saturated carbocycles. The summed E-state index contributed by atoms with van der Waals surface area (Å²) in [4.78, 5) is 42.3. The van der Waals surface area contributed by atoms with Gasteiger partial charge in [-0.05, 0) is 53.6 Å². The van der Waals surface area contributed by atoms with Gasteiger partial charge in [-0.15, -0.1) is 0 Å². The summed E-state index contributed by atoms with van der Waals surface area (Å²) >= 11 is 1.09. The minimum atomic E-state index is -0.177. The number of likely N-dealkylation sites (tertiary alicyclic amines) is 1. The third-order valence-electron chi connectivity index (χ3n) is 5.88. The standard InChI is InChI=1S/C26H27N3O3S/c1-28(2)26(32)33-23-13-6-5-12-22(23)27-24(30)19-14-16-29(17-15-19)25(31)21-11-7-9-18-8-3-4-10-20(18)21/h3-13,19H,14-17H2,1-2H3,(H,27,30). The molecule has 0 aromatic heterocycles. The van der Waals surface area contributed by atoms with Crippen LogP contribution in [0, 0.1) is 5.92 Å². The van der Waals surface area contributed by atoms with Gasteiger partial charge < -0.3 is 15.1 Å². The van der Waals surface area contributed by atoms with Crippen molar-refractivity contribution in [3.63, 3.8) is 0 Å². The van der Waals surface area contributed by atoms with Gasteiger partial charge in [-0.25, -0.2) is 0 Å². The van der Waals surface area contributed by atoms with Gasteiger partial charge in [0.25, 0.3) is 11.1 Å². The van der Waals surface area contributed by atoms with E-state index >= 15 is 0 Å². The van der Waals surface area contributed by atoms with E-state index in [0.29, 0.717) is 42.1 Å². The largest absolute Gasteiger partial charge is 0.339 e. The summed E-state index contributed by atoms with van der Waals surface area (Å²) in [5, 5.41) is 4.88. The molecule has 1 saturated heterocycles. The molecule has 0 unspecified atom stereocenters. The van der Waals surface area contributed by atoms with E-state index in [-0.39, 0.29) is 23.0 Å². The number of para-hydroxylation sites is 1. The number of carbonyl (C=O) groups excluding carboxylic acids is 3. The Hall–Kier alpha value is -3.32. The third-order valence-corrected chi connectivity index (χ3v) is 7.00. The second kappa shape index (κ2) is 10.1. The molecule has 0 atom stereocenters. The molecule has 3 amide bonds. The number of benzene rings is 3. The number of amides is 3. The van der Waals surface area contributed by atoms with Gasteiger partial charge in [0.2, 0.25) is 5.91 Å². The van der Waals surface area contributed by atoms with Gasteiger partial charge in [-0.1, -0.05) is 48.5 Å². The van der Waals surface area contributed by atoms with E-state index in [1.165, 1.54) is 4.90 Å². The van der Waals surface area contributed by atoms with Crippen molar-refractivity contribution in [1.82, 2.24) is 9.80 Å². The number of anilines is 1. The first-order valence-electron chi connectivity index (χ1n) is 11.0. The summed E-state index contributed by atoms with van der Waals surface area (Å²) in [6, 6.07) is 21.0. The summed E-state index contributed by atoms with van der Waals surface area (Å²) in [6.45, 7) is 1.07. The minimum absolute atomic E-state index is 0.00889. The highest BCUT2D eigenvalue weighted by atomic mass is 32.2. The van der Waals surface area contributed by atoms with Gasteiger partial charge in [-0.3, -0.25) is 14.4 Å². The van der Waals surface area contributed by atoms with Crippen LogP contribution in [0.15, 0.2) is 71.6 Å². The second-order valence-electron chi connectivity index (χ2n) is 8.34. The van der Waals surface area contributed by atoms with Gasteiger partial charge >= 0.3 is 0 Å². The zero-order chi connectivity index (χ0) is 23.4. The molecule has 1 aliphatic heterocycles. The topological polar surface area (TPSA) is 69.7 Å². The van der Waals surface area contributed by atoms with Crippen LogP contribution in [0.3, 0.4) is 0 Å². The predicted octanol–water partition coefficient (Wildman–Crippen LogP) is 5.10. The molecule has 0 spiro atoms. The molecule has 3 aromatic rings. The van der Waals surface area contributed by atoms with E-state index in [1.54, 1.807) is 14.1 Å². The summed E-state index contributed by atoms with van der Waals surface area (Å²) < 4.78 is 0. The minimum Gasteiger partial charge on any atom is -0.339 e. The molecule has 170 valence electrons. The summed E-state index contributed by atoms with van der Waals surface area (Å²) in [5.74, 6) is -0.239. The fourth-order valence-electron chi connectivity index (χ4n) is 4.01. The quantitative estimate of drug-likeness (QED) is 0.549. The van der Waals surface area contributed by atoms with Gasteiger partial charge in [0.15, 0.2) is 0 Å². The first-order valence-corrected chi connectivity index (χ1v) is 11.8. The number of thioether (sulfide) groups is 1. The molecule has 6 nitrogen and oxygen atoms in total. The zero-order valence-corrected chi connectivity index (χ0v) is 19.6. The number of fused-ring (bicyclic) bond motifs is 1. The van der Waals surface area contributed by atoms with Crippen molar-refractivity contribution < 1.29 is 14.4 Å². The number of nitrogens with zero attached hydrogens (tertiary/aromatic N) is 2. The molecule has 1 N–H and O–H groups in total. The first-order chi connectivity index (χ1) is 15.9. The van der Waals surface area contributed by atoms with E-state index in [9.17, 15) is 14.4 Å². The van der Waals surface area contributed by atoms with Gasteiger partial charge in [0.1, 0.15) is 0 Å². The Morgan fingerprint density at radius 2 is 1.58 bits per heavy atom. The summed E-state index contributed by atoms with van der Waals surface area (Å²) in [6.07, 6.45) is 1.21. The maximum atomic E-state index is 13.2. The van der Waals surface area contributed by atoms with Gasteiger partial charge in [-0.2, -0.15) is 0 Å². The van der Waals surface area contributed by atoms with Crippen LogP contribution < -0.4 is 5.32 Å². The van der Waals surface area contributed by atoms with Crippen LogP contribution in [-0.2, 0) is 4.79 Å². The molecule has 1 heterocycles. The van der Waals surface area contributed by atoms with Crippen molar-refractivity contribution >= 4 is 45.3 Å². The average Bonchev–Trinajstić information content (AvgIpc) is 2.84. The van der Waals surface area contributed by atoms with Crippen LogP contribution in [-0.4, -0.2) is 54.0 Å². The van der Waals surface area contributed by atoms with Crippen molar-refractivity contribution in [2.75, 3.05) is 32.5 Å². The summed E-state index contributed by atoms with van der Waals surface area (Å²) in [5.41, 5.74) is 1.34. The van der Waals surface area contributed by atoms with E-state index < -0.39 is 0 Å². The molecule has 3 aromatic carbocycles. The molecule has 0 aliphatic carbocycles. The van der Waals surface area contributed by atoms with Crippen LogP contribution in [0.1, 0.15) is 23.2 Å². The summed E-state index contributed by atoms with van der Waals surface area (Å²) in [7, 11) is 3.40. The van der Waals surface area contributed by atoms with Crippen LogP contribution in [0.5, 0.6) is 0 Å². The van der Waals surface area contributed by atoms with Crippen molar-refractivity contribution in [3.8, 4) is 0 Å². The molecule has 1 aliphatic rings. The molecule has 0 bridgehead atoms. The van der Waals surface area contributed by atoms with Gasteiger partial charge in [0.05, 0.1) is 5.69 Å². The maximum absolute atomic E-state index is 13.2. The lowest BCUT2D eigenvalue weighted by Crippen LogP contribution is -2.41. The number of hydrogen-bond acceptors (Lipinski definition) is 4. The van der Waals surface area contributed by atoms with E-state index in [2.05, 4.69) is 5.32 Å². The van der Waals surface area contributed by atoms with E-state index in [0.717, 1.165) is 22.5 Å². The Kier molecular flexibility index (Phi) is 6.99. The van der Waals surface area contributed by atoms with Crippen molar-refractivity contribution in [3.05, 3.63) is 72.3 Å². The zero-order valence-electron chi connectivity index (χ0n) is 18.8. The maximum Gasteiger partial charge on any atom is 0.286 e. The Morgan fingerprint density at radius 1 is 0.909 bits per heavy atom. The molecule has 7 heteroatoms. The third kappa shape index (κ3) is 5.20. The normalized spacial score (nSPS) is 14.2. The number of carbonyl (C=O) groups is 3. The highest BCUT2D eigenvalue weighted by molar-refractivity contribution is 8.13. The number of nitrogens with one attached hydrogen (secondary N) is 1. The Labute approximate surface area is 197 Å². The lowest BCUT2D eigenvalue weighted by atomic mass is 9.94. The first kappa shape index (κ1) is 22.9. The smallest absolute Gasteiger partial charge is 0.286 e. The number of piperidine rings is 1. The van der Waals surface area contributed by atoms with Crippen LogP contribution in [0.2, 0.25) is 0 Å². The van der Waals surface area contributed by atoms with Crippen molar-refractivity contribution in [2.45, 2.75) is 17.7 Å². The SMILES string of the molecule is CN(C)C(=O)Sc1ccccc1NC(=O)C1CCN(C(=O)c2cccc3ccccc23)CC1. The predicted molar refractivity (Wildman–Crippen MR) is 133 cm³/mol. The van der Waals surface area contributed by atoms with Crippen LogP contribution >= 0.6 is 11.8 Å². The highest BCUT2D eigenvalue weighted by Gasteiger charge is 2.29. The number of hydrogen-bond donors (Lipinski definition) is 1. The molecular formula is C26H27N3O3S. The van der Waals surface area contributed by atoms with Crippen LogP contribution in [0.25, 0.3) is 10.8 Å². The van der Waals surface area contributed by atoms with E-state index in [4.69, 9.17) is 0 Å². The molecule has 1 fully saturated rings. The molecule has 4 rings (SSSR count). The molecular weight excluding hydrogens is 434 g/mol. The Morgan fingerprint density at radius 3 is 2.33 bits per heavy atom. The highest BCUT2D eigenvalue weighted by Crippen LogP contribution is 2.30. The Balaban J connectivity index is 1.39. The Bertz CT molecular complexity index is 1180. The molecule has 0 radical (unpaired) electrons. The fraction of sp³-hybridized carbons (Fsp3) is 0.269. The average molecular weight is 462 g/mol. The van der Waals surface area contributed by atoms with Crippen LogP contribution in [0.4, 0.5) is 10.5 Å². The van der Waals surface area contributed by atoms with Gasteiger partial charge in [0, 0.05) is 43.6 Å². The fourth-order valence-corrected chi connectivity index (χ4v) is 4.75. The monoisotopic (exact) mass is 461 g/mol. The number of rotatable bonds is 4.